The van der Waals surface area contributed by atoms with Crippen molar-refractivity contribution in [2.75, 3.05) is 5.73 Å². The molecule has 0 aliphatic heterocycles. The van der Waals surface area contributed by atoms with Gasteiger partial charge in [-0.3, -0.25) is 14.9 Å². The van der Waals surface area contributed by atoms with E-state index >= 15 is 0 Å². The number of nitro benzene ring substituents is 1. The smallest absolute Gasteiger partial charge is 0.378 e. The zero-order valence-electron chi connectivity index (χ0n) is 17.2. The number of carbonyl (C=O) groups excluding carboxylic acids is 1. The van der Waals surface area contributed by atoms with Gasteiger partial charge in [-0.15, -0.1) is 5.10 Å². The molecule has 3 N–H and O–H groups in total. The Balaban J connectivity index is 1.63. The van der Waals surface area contributed by atoms with Crippen molar-refractivity contribution in [1.29, 1.82) is 0 Å². The van der Waals surface area contributed by atoms with Crippen molar-refractivity contribution in [3.63, 3.8) is 0 Å². The minimum atomic E-state index is -4.48. The molecule has 0 aliphatic carbocycles. The predicted molar refractivity (Wildman–Crippen MR) is 112 cm³/mol. The molecule has 0 radical (unpaired) electrons. The fraction of sp³-hybridized carbons (Fsp3) is 0.0526. The number of hydrogen-bond donors (Lipinski definition) is 2. The highest BCUT2D eigenvalue weighted by Gasteiger charge is 2.30. The second kappa shape index (κ2) is 9.00. The second-order valence-electron chi connectivity index (χ2n) is 6.79. The maximum absolute atomic E-state index is 12.8. The summed E-state index contributed by atoms with van der Waals surface area (Å²) in [6.45, 7) is 0. The first-order valence-corrected chi connectivity index (χ1v) is 9.44. The highest BCUT2D eigenvalue weighted by atomic mass is 19.4. The molecule has 2 aromatic heterocycles. The summed E-state index contributed by atoms with van der Waals surface area (Å²) in [6.07, 6.45) is -3.35. The molecule has 2 heterocycles. The van der Waals surface area contributed by atoms with Crippen molar-refractivity contribution in [2.24, 2.45) is 5.10 Å². The Hall–Kier alpha value is -5.15. The zero-order chi connectivity index (χ0) is 25.2. The number of benzene rings is 2. The topological polar surface area (TPSA) is 180 Å². The second-order valence-corrected chi connectivity index (χ2v) is 6.79. The SMILES string of the molecule is Nc1nonc1-n1nnc(C(=O)N/N=C/c2ccc(C(F)(F)F)cc2)c1-c1ccc([N+](=O)[O-])cc1. The minimum Gasteiger partial charge on any atom is -0.378 e. The molecule has 0 spiro atoms. The van der Waals surface area contributed by atoms with E-state index in [-0.39, 0.29) is 28.7 Å². The van der Waals surface area contributed by atoms with Gasteiger partial charge in [0.05, 0.1) is 16.7 Å². The van der Waals surface area contributed by atoms with Gasteiger partial charge >= 0.3 is 6.18 Å². The van der Waals surface area contributed by atoms with E-state index in [0.29, 0.717) is 11.1 Å². The lowest BCUT2D eigenvalue weighted by Gasteiger charge is -2.06. The quantitative estimate of drug-likeness (QED) is 0.235. The number of hydrazone groups is 1. The number of amides is 1. The Morgan fingerprint density at radius 3 is 2.40 bits per heavy atom. The molecule has 0 atom stereocenters. The van der Waals surface area contributed by atoms with Crippen LogP contribution >= 0.6 is 0 Å². The Labute approximate surface area is 192 Å². The van der Waals surface area contributed by atoms with Crippen LogP contribution in [0.15, 0.2) is 58.3 Å². The van der Waals surface area contributed by atoms with Gasteiger partial charge in [-0.2, -0.15) is 23.0 Å². The predicted octanol–water partition coefficient (Wildman–Crippen LogP) is 2.59. The molecule has 178 valence electrons. The van der Waals surface area contributed by atoms with E-state index in [2.05, 4.69) is 35.8 Å². The summed E-state index contributed by atoms with van der Waals surface area (Å²) in [6, 6.07) is 9.24. The van der Waals surface area contributed by atoms with E-state index in [4.69, 9.17) is 5.73 Å². The van der Waals surface area contributed by atoms with Gasteiger partial charge in [-0.25, -0.2) is 10.1 Å². The van der Waals surface area contributed by atoms with Gasteiger partial charge in [0, 0.05) is 17.7 Å². The van der Waals surface area contributed by atoms with Crippen molar-refractivity contribution in [3.8, 4) is 17.1 Å². The number of halogens is 3. The van der Waals surface area contributed by atoms with Gasteiger partial charge in [0.15, 0.2) is 5.69 Å². The molecule has 4 aromatic rings. The van der Waals surface area contributed by atoms with E-state index in [1.54, 1.807) is 0 Å². The lowest BCUT2D eigenvalue weighted by Crippen LogP contribution is -2.19. The van der Waals surface area contributed by atoms with Gasteiger partial charge in [0.2, 0.25) is 11.6 Å². The number of alkyl halides is 3. The summed E-state index contributed by atoms with van der Waals surface area (Å²) < 4.78 is 43.6. The number of rotatable bonds is 6. The highest BCUT2D eigenvalue weighted by molar-refractivity contribution is 5.98. The summed E-state index contributed by atoms with van der Waals surface area (Å²) in [5.74, 6) is -1.09. The third-order valence-electron chi connectivity index (χ3n) is 4.55. The molecular formula is C19H12F3N9O4. The number of nitro groups is 1. The Bertz CT molecular complexity index is 1410. The Morgan fingerprint density at radius 2 is 1.83 bits per heavy atom. The van der Waals surface area contributed by atoms with Crippen LogP contribution in [0, 0.1) is 10.1 Å². The van der Waals surface area contributed by atoms with E-state index < -0.39 is 22.6 Å². The van der Waals surface area contributed by atoms with Gasteiger partial charge in [-0.05, 0) is 40.1 Å². The van der Waals surface area contributed by atoms with Crippen molar-refractivity contribution < 1.29 is 27.5 Å². The largest absolute Gasteiger partial charge is 0.416 e. The molecule has 4 rings (SSSR count). The number of nitrogens with zero attached hydrogens (tertiary/aromatic N) is 7. The van der Waals surface area contributed by atoms with Crippen LogP contribution in [-0.4, -0.2) is 42.4 Å². The molecule has 16 heteroatoms. The monoisotopic (exact) mass is 487 g/mol. The van der Waals surface area contributed by atoms with Gasteiger partial charge in [0.25, 0.3) is 11.6 Å². The molecule has 0 unspecified atom stereocenters. The summed E-state index contributed by atoms with van der Waals surface area (Å²) in [7, 11) is 0. The number of hydrogen-bond acceptors (Lipinski definition) is 10. The van der Waals surface area contributed by atoms with E-state index in [9.17, 15) is 28.1 Å². The third-order valence-corrected chi connectivity index (χ3v) is 4.55. The fourth-order valence-corrected chi connectivity index (χ4v) is 2.90. The van der Waals surface area contributed by atoms with Crippen molar-refractivity contribution >= 4 is 23.6 Å². The average Bonchev–Trinajstić information content (AvgIpc) is 3.44. The first-order chi connectivity index (χ1) is 16.6. The number of non-ortho nitro benzene ring substituents is 1. The molecule has 35 heavy (non-hydrogen) atoms. The molecule has 2 aromatic carbocycles. The van der Waals surface area contributed by atoms with Gasteiger partial charge in [-0.1, -0.05) is 17.3 Å². The van der Waals surface area contributed by atoms with Crippen molar-refractivity contribution in [2.45, 2.75) is 6.18 Å². The van der Waals surface area contributed by atoms with Crippen LogP contribution in [-0.2, 0) is 6.18 Å². The van der Waals surface area contributed by atoms with Crippen LogP contribution in [0.5, 0.6) is 0 Å². The average molecular weight is 487 g/mol. The van der Waals surface area contributed by atoms with Crippen LogP contribution in [0.2, 0.25) is 0 Å². The fourth-order valence-electron chi connectivity index (χ4n) is 2.90. The molecule has 0 fully saturated rings. The maximum Gasteiger partial charge on any atom is 0.416 e. The van der Waals surface area contributed by atoms with Crippen LogP contribution in [0.25, 0.3) is 17.1 Å². The lowest BCUT2D eigenvalue weighted by atomic mass is 10.1. The van der Waals surface area contributed by atoms with E-state index in [0.717, 1.165) is 23.0 Å². The first kappa shape index (κ1) is 23.0. The molecular weight excluding hydrogens is 475 g/mol. The Morgan fingerprint density at radius 1 is 1.14 bits per heavy atom. The number of nitrogens with two attached hydrogens (primary N) is 1. The number of carbonyl (C=O) groups is 1. The summed E-state index contributed by atoms with van der Waals surface area (Å²) >= 11 is 0. The summed E-state index contributed by atoms with van der Waals surface area (Å²) in [5, 5.41) is 29.4. The summed E-state index contributed by atoms with van der Waals surface area (Å²) in [4.78, 5) is 23.1. The van der Waals surface area contributed by atoms with Gasteiger partial charge in [0.1, 0.15) is 5.69 Å². The number of nitrogens with one attached hydrogen (secondary N) is 1. The van der Waals surface area contributed by atoms with Crippen LogP contribution < -0.4 is 11.2 Å². The van der Waals surface area contributed by atoms with E-state index in [1.165, 1.54) is 36.4 Å². The molecule has 13 nitrogen and oxygen atoms in total. The molecule has 0 saturated carbocycles. The lowest BCUT2D eigenvalue weighted by molar-refractivity contribution is -0.384. The van der Waals surface area contributed by atoms with E-state index in [1.807, 2.05) is 0 Å². The maximum atomic E-state index is 12.8. The first-order valence-electron chi connectivity index (χ1n) is 9.44. The molecule has 0 aliphatic rings. The number of anilines is 1. The zero-order valence-corrected chi connectivity index (χ0v) is 17.2. The molecule has 0 bridgehead atoms. The molecule has 1 amide bonds. The molecule has 0 saturated heterocycles. The van der Waals surface area contributed by atoms with Gasteiger partial charge < -0.3 is 5.73 Å². The highest BCUT2D eigenvalue weighted by Crippen LogP contribution is 2.29. The number of aromatic nitrogens is 5. The normalized spacial score (nSPS) is 11.6. The Kier molecular flexibility index (Phi) is 5.92. The minimum absolute atomic E-state index is 0.0459. The number of nitrogen functional groups attached to an aromatic ring is 1. The van der Waals surface area contributed by atoms with Crippen LogP contribution in [0.4, 0.5) is 24.7 Å². The third kappa shape index (κ3) is 4.80. The standard InChI is InChI=1S/C19H12F3N9O4/c20-19(21,22)12-5-1-10(2-6-12)9-24-26-18(32)14-15(11-3-7-13(8-4-11)31(33)34)30(29-25-14)17-16(23)27-35-28-17/h1-9H,(H2,23,27)(H,26,32)/b24-9+. The van der Waals surface area contributed by atoms with Crippen molar-refractivity contribution in [1.82, 2.24) is 30.7 Å². The summed E-state index contributed by atoms with van der Waals surface area (Å²) in [5.41, 5.74) is 7.26. The van der Waals surface area contributed by atoms with Crippen LogP contribution in [0.1, 0.15) is 21.6 Å². The van der Waals surface area contributed by atoms with Crippen LogP contribution in [0.3, 0.4) is 0 Å². The van der Waals surface area contributed by atoms with Crippen molar-refractivity contribution in [3.05, 3.63) is 75.5 Å².